The molecule has 0 aliphatic carbocycles. The maximum atomic E-state index is 11.9. The first kappa shape index (κ1) is 19.9. The summed E-state index contributed by atoms with van der Waals surface area (Å²) in [6, 6.07) is -0.535. The van der Waals surface area contributed by atoms with E-state index >= 15 is 0 Å². The maximum absolute atomic E-state index is 11.9. The molecule has 21 heavy (non-hydrogen) atoms. The molecule has 0 rings (SSSR count). The van der Waals surface area contributed by atoms with Gasteiger partial charge in [0.25, 0.3) is 10.1 Å². The Morgan fingerprint density at radius 2 is 1.86 bits per heavy atom. The van der Waals surface area contributed by atoms with Crippen LogP contribution in [-0.4, -0.2) is 38.5 Å². The number of ether oxygens (including phenoxy) is 1. The van der Waals surface area contributed by atoms with Crippen LogP contribution in [0.4, 0.5) is 4.79 Å². The van der Waals surface area contributed by atoms with E-state index in [1.807, 2.05) is 13.8 Å². The zero-order valence-corrected chi connectivity index (χ0v) is 14.5. The lowest BCUT2D eigenvalue weighted by Gasteiger charge is -2.28. The van der Waals surface area contributed by atoms with Crippen LogP contribution in [0.25, 0.3) is 0 Å². The van der Waals surface area contributed by atoms with E-state index in [2.05, 4.69) is 11.9 Å². The highest BCUT2D eigenvalue weighted by atomic mass is 32.2. The fraction of sp³-hybridized carbons (Fsp3) is 0.786. The monoisotopic (exact) mass is 321 g/mol. The van der Waals surface area contributed by atoms with E-state index in [1.165, 1.54) is 6.08 Å². The van der Waals surface area contributed by atoms with Crippen LogP contribution in [-0.2, 0) is 19.0 Å². The second kappa shape index (κ2) is 7.79. The molecule has 0 aromatic carbocycles. The quantitative estimate of drug-likeness (QED) is 0.575. The molecule has 0 spiro atoms. The average molecular weight is 321 g/mol. The molecule has 0 fully saturated rings. The van der Waals surface area contributed by atoms with E-state index in [9.17, 15) is 13.2 Å². The maximum Gasteiger partial charge on any atom is 0.407 e. The van der Waals surface area contributed by atoms with Crippen molar-refractivity contribution < 1.29 is 22.1 Å². The second-order valence-corrected chi connectivity index (χ2v) is 7.98. The van der Waals surface area contributed by atoms with Crippen LogP contribution in [0.15, 0.2) is 12.7 Å². The van der Waals surface area contributed by atoms with E-state index in [4.69, 9.17) is 8.92 Å². The van der Waals surface area contributed by atoms with Crippen LogP contribution in [0, 0.1) is 5.92 Å². The molecule has 0 heterocycles. The number of hydrogen-bond acceptors (Lipinski definition) is 5. The predicted octanol–water partition coefficient (Wildman–Crippen LogP) is 2.46. The van der Waals surface area contributed by atoms with Gasteiger partial charge in [0.2, 0.25) is 0 Å². The molecular formula is C14H27NO5S. The number of carbonyl (C=O) groups excluding carboxylic acids is 1. The summed E-state index contributed by atoms with van der Waals surface area (Å²) in [7, 11) is -3.65. The predicted molar refractivity (Wildman–Crippen MR) is 82.5 cm³/mol. The van der Waals surface area contributed by atoms with Crippen LogP contribution in [0.2, 0.25) is 0 Å². The Labute approximate surface area is 128 Å². The molecular weight excluding hydrogens is 294 g/mol. The van der Waals surface area contributed by atoms with Crippen LogP contribution in [0.5, 0.6) is 0 Å². The first-order chi connectivity index (χ1) is 9.34. The van der Waals surface area contributed by atoms with Crippen molar-refractivity contribution >= 4 is 16.2 Å². The van der Waals surface area contributed by atoms with Gasteiger partial charge in [-0.05, 0) is 33.1 Å². The summed E-state index contributed by atoms with van der Waals surface area (Å²) in [6.45, 7) is 12.8. The molecule has 0 aromatic rings. The van der Waals surface area contributed by atoms with E-state index < -0.39 is 34.0 Å². The van der Waals surface area contributed by atoms with Gasteiger partial charge >= 0.3 is 6.09 Å². The summed E-state index contributed by atoms with van der Waals surface area (Å²) in [4.78, 5) is 11.9. The van der Waals surface area contributed by atoms with Crippen LogP contribution < -0.4 is 5.32 Å². The number of rotatable bonds is 7. The van der Waals surface area contributed by atoms with Gasteiger partial charge < -0.3 is 10.1 Å². The van der Waals surface area contributed by atoms with Crippen molar-refractivity contribution in [3.8, 4) is 0 Å². The third-order valence-corrected chi connectivity index (χ3v) is 2.91. The zero-order valence-electron chi connectivity index (χ0n) is 13.7. The third kappa shape index (κ3) is 10.3. The summed E-state index contributed by atoms with van der Waals surface area (Å²) >= 11 is 0. The summed E-state index contributed by atoms with van der Waals surface area (Å²) < 4.78 is 32.7. The highest BCUT2D eigenvalue weighted by Gasteiger charge is 2.27. The Hall–Kier alpha value is -1.08. The number of carbonyl (C=O) groups is 1. The summed E-state index contributed by atoms with van der Waals surface area (Å²) in [5, 5.41) is 2.66. The highest BCUT2D eigenvalue weighted by molar-refractivity contribution is 7.86. The Balaban J connectivity index is 5.00. The van der Waals surface area contributed by atoms with Crippen molar-refractivity contribution in [1.29, 1.82) is 0 Å². The van der Waals surface area contributed by atoms with E-state index in [0.717, 1.165) is 6.26 Å². The first-order valence-corrected chi connectivity index (χ1v) is 8.66. The van der Waals surface area contributed by atoms with Gasteiger partial charge in [-0.15, -0.1) is 6.58 Å². The summed E-state index contributed by atoms with van der Waals surface area (Å²) in [5.74, 6) is 0.232. The minimum atomic E-state index is -3.65. The average Bonchev–Trinajstić information content (AvgIpc) is 2.20. The second-order valence-electron chi connectivity index (χ2n) is 6.38. The van der Waals surface area contributed by atoms with Gasteiger partial charge in [0, 0.05) is 0 Å². The van der Waals surface area contributed by atoms with E-state index in [-0.39, 0.29) is 5.92 Å². The standard InChI is InChI=1S/C14H27NO5S/c1-8-12(20-21(7,17)18)11(9-10(2)3)15-13(16)19-14(4,5)6/h8,10-12H,1,9H2,2-7H3,(H,15,16)/t11-,12+/m0/s1. The van der Waals surface area contributed by atoms with Crippen LogP contribution in [0.1, 0.15) is 41.0 Å². The minimum Gasteiger partial charge on any atom is -0.444 e. The number of nitrogens with one attached hydrogen (secondary N) is 1. The fourth-order valence-corrected chi connectivity index (χ4v) is 2.33. The van der Waals surface area contributed by atoms with Crippen molar-refractivity contribution in [2.24, 2.45) is 5.92 Å². The van der Waals surface area contributed by atoms with Gasteiger partial charge in [0.15, 0.2) is 0 Å². The Morgan fingerprint density at radius 1 is 1.33 bits per heavy atom. The smallest absolute Gasteiger partial charge is 0.407 e. The van der Waals surface area contributed by atoms with Gasteiger partial charge in [0.1, 0.15) is 11.7 Å². The van der Waals surface area contributed by atoms with E-state index in [1.54, 1.807) is 20.8 Å². The largest absolute Gasteiger partial charge is 0.444 e. The third-order valence-electron chi connectivity index (χ3n) is 2.34. The van der Waals surface area contributed by atoms with Gasteiger partial charge in [0.05, 0.1) is 12.3 Å². The van der Waals surface area contributed by atoms with Crippen molar-refractivity contribution in [2.45, 2.75) is 58.8 Å². The molecule has 0 aliphatic rings. The molecule has 0 bridgehead atoms. The van der Waals surface area contributed by atoms with E-state index in [0.29, 0.717) is 6.42 Å². The van der Waals surface area contributed by atoms with Gasteiger partial charge in [-0.3, -0.25) is 4.18 Å². The fourth-order valence-electron chi connectivity index (χ4n) is 1.71. The molecule has 1 N–H and O–H groups in total. The molecule has 0 aromatic heterocycles. The van der Waals surface area contributed by atoms with Crippen molar-refractivity contribution in [3.05, 3.63) is 12.7 Å². The van der Waals surface area contributed by atoms with Crippen molar-refractivity contribution in [2.75, 3.05) is 6.26 Å². The van der Waals surface area contributed by atoms with Gasteiger partial charge in [-0.2, -0.15) is 8.42 Å². The zero-order chi connectivity index (χ0) is 16.8. The Morgan fingerprint density at radius 3 is 2.19 bits per heavy atom. The van der Waals surface area contributed by atoms with Gasteiger partial charge in [-0.25, -0.2) is 4.79 Å². The number of hydrogen-bond donors (Lipinski definition) is 1. The number of amides is 1. The molecule has 6 nitrogen and oxygen atoms in total. The Bertz CT molecular complexity index is 450. The van der Waals surface area contributed by atoms with Crippen LogP contribution >= 0.6 is 0 Å². The van der Waals surface area contributed by atoms with Crippen LogP contribution in [0.3, 0.4) is 0 Å². The molecule has 0 unspecified atom stereocenters. The summed E-state index contributed by atoms with van der Waals surface area (Å²) in [6.07, 6.45) is 1.41. The highest BCUT2D eigenvalue weighted by Crippen LogP contribution is 2.15. The lowest BCUT2D eigenvalue weighted by atomic mass is 9.99. The topological polar surface area (TPSA) is 81.7 Å². The molecule has 1 amide bonds. The molecule has 7 heteroatoms. The SMILES string of the molecule is C=C[C@@H](OS(C)(=O)=O)[C@H](CC(C)C)NC(=O)OC(C)(C)C. The lowest BCUT2D eigenvalue weighted by molar-refractivity contribution is 0.0458. The van der Waals surface area contributed by atoms with Crippen molar-refractivity contribution in [1.82, 2.24) is 5.32 Å². The van der Waals surface area contributed by atoms with Gasteiger partial charge in [-0.1, -0.05) is 19.9 Å². The normalized spacial score (nSPS) is 15.4. The molecule has 0 saturated carbocycles. The minimum absolute atomic E-state index is 0.232. The first-order valence-electron chi connectivity index (χ1n) is 6.84. The van der Waals surface area contributed by atoms with Crippen molar-refractivity contribution in [3.63, 3.8) is 0 Å². The number of alkyl carbamates (subject to hydrolysis) is 1. The lowest BCUT2D eigenvalue weighted by Crippen LogP contribution is -2.46. The molecule has 0 radical (unpaired) electrons. The molecule has 0 saturated heterocycles. The molecule has 124 valence electrons. The summed E-state index contributed by atoms with van der Waals surface area (Å²) in [5.41, 5.74) is -0.631. The molecule has 0 aliphatic heterocycles. The molecule has 2 atom stereocenters. The Kier molecular flexibility index (Phi) is 7.39.